The maximum absolute atomic E-state index is 11.8. The Kier molecular flexibility index (Phi) is 4.48. The molecule has 0 unspecified atom stereocenters. The third-order valence-electron chi connectivity index (χ3n) is 5.57. The fraction of sp³-hybridized carbons (Fsp3) is 0.429. The van der Waals surface area contributed by atoms with Gasteiger partial charge >= 0.3 is 0 Å². The molecular weight excluding hydrogens is 332 g/mol. The van der Waals surface area contributed by atoms with Crippen molar-refractivity contribution in [2.24, 2.45) is 0 Å². The molecule has 2 heterocycles. The second kappa shape index (κ2) is 6.64. The minimum absolute atomic E-state index is 0.242. The average Bonchev–Trinajstić information content (AvgIpc) is 2.74. The van der Waals surface area contributed by atoms with Crippen molar-refractivity contribution in [1.82, 2.24) is 4.90 Å². The van der Waals surface area contributed by atoms with Gasteiger partial charge in [0.2, 0.25) is 0 Å². The van der Waals surface area contributed by atoms with E-state index in [2.05, 4.69) is 41.0 Å². The Morgan fingerprint density at radius 1 is 1.00 bits per heavy atom. The monoisotopic (exact) mass is 356 g/mol. The topological polar surface area (TPSA) is 26.7 Å². The van der Waals surface area contributed by atoms with Crippen LogP contribution in [0.5, 0.6) is 0 Å². The van der Waals surface area contributed by atoms with Crippen molar-refractivity contribution in [3.05, 3.63) is 64.7 Å². The van der Waals surface area contributed by atoms with Gasteiger partial charge in [-0.1, -0.05) is 47.9 Å². The Bertz CT molecular complexity index is 731. The fourth-order valence-corrected chi connectivity index (χ4v) is 4.40. The van der Waals surface area contributed by atoms with Gasteiger partial charge < -0.3 is 10.0 Å². The van der Waals surface area contributed by atoms with Crippen LogP contribution in [0.3, 0.4) is 0 Å². The predicted octanol–water partition coefficient (Wildman–Crippen LogP) is 4.52. The van der Waals surface area contributed by atoms with Crippen LogP contribution in [0.15, 0.2) is 48.5 Å². The molecular formula is C21H25ClN2O. The Balaban J connectivity index is 1.80. The molecule has 4 heteroatoms. The number of aliphatic hydroxyl groups is 1. The van der Waals surface area contributed by atoms with Crippen molar-refractivity contribution in [3.63, 3.8) is 0 Å². The Morgan fingerprint density at radius 2 is 1.72 bits per heavy atom. The van der Waals surface area contributed by atoms with Crippen LogP contribution in [0, 0.1) is 6.92 Å². The number of fused-ring (bicyclic) bond motifs is 1. The summed E-state index contributed by atoms with van der Waals surface area (Å²) in [5.41, 5.74) is 2.20. The number of anilines is 1. The number of benzene rings is 2. The van der Waals surface area contributed by atoms with Gasteiger partial charge in [-0.25, -0.2) is 0 Å². The van der Waals surface area contributed by atoms with E-state index in [-0.39, 0.29) is 6.17 Å². The molecule has 0 amide bonds. The summed E-state index contributed by atoms with van der Waals surface area (Å²) in [7, 11) is 0. The zero-order valence-electron chi connectivity index (χ0n) is 14.7. The largest absolute Gasteiger partial charge is 0.366 e. The highest BCUT2D eigenvalue weighted by Crippen LogP contribution is 2.43. The quantitative estimate of drug-likeness (QED) is 0.857. The summed E-state index contributed by atoms with van der Waals surface area (Å²) in [4.78, 5) is 4.67. The average molecular weight is 357 g/mol. The molecule has 132 valence electrons. The molecule has 2 saturated heterocycles. The summed E-state index contributed by atoms with van der Waals surface area (Å²) in [6, 6.07) is 16.1. The Morgan fingerprint density at radius 3 is 2.44 bits per heavy atom. The number of halogens is 1. The summed E-state index contributed by atoms with van der Waals surface area (Å²) in [5, 5.41) is 12.5. The summed E-state index contributed by atoms with van der Waals surface area (Å²) >= 11 is 6.07. The lowest BCUT2D eigenvalue weighted by Crippen LogP contribution is -2.47. The fourth-order valence-electron chi connectivity index (χ4n) is 4.27. The molecule has 2 aliphatic rings. The second-order valence-corrected chi connectivity index (χ2v) is 7.77. The first kappa shape index (κ1) is 16.9. The number of nitrogens with zero attached hydrogens (tertiary/aromatic N) is 2. The van der Waals surface area contributed by atoms with Crippen LogP contribution >= 0.6 is 11.6 Å². The minimum Gasteiger partial charge on any atom is -0.366 e. The van der Waals surface area contributed by atoms with Crippen LogP contribution in [0.25, 0.3) is 0 Å². The Hall–Kier alpha value is -1.55. The van der Waals surface area contributed by atoms with Crippen molar-refractivity contribution in [3.8, 4) is 0 Å². The van der Waals surface area contributed by atoms with E-state index in [9.17, 15) is 5.11 Å². The van der Waals surface area contributed by atoms with Gasteiger partial charge in [-0.05, 0) is 50.5 Å². The molecule has 2 aromatic carbocycles. The molecule has 4 rings (SSSR count). The lowest BCUT2D eigenvalue weighted by atomic mass is 10.0. The molecule has 0 bridgehead atoms. The predicted molar refractivity (Wildman–Crippen MR) is 103 cm³/mol. The van der Waals surface area contributed by atoms with Crippen LogP contribution in [-0.2, 0) is 5.72 Å². The SMILES string of the molecule is Cc1ccc(N2[C@@H]3CCCCCN3C[C@]2(O)c2ccc(Cl)cc2)cc1. The van der Waals surface area contributed by atoms with Crippen molar-refractivity contribution in [1.29, 1.82) is 0 Å². The van der Waals surface area contributed by atoms with Crippen LogP contribution in [0.4, 0.5) is 5.69 Å². The summed E-state index contributed by atoms with van der Waals surface area (Å²) < 4.78 is 0. The van der Waals surface area contributed by atoms with Gasteiger partial charge in [0.05, 0.1) is 12.7 Å². The third kappa shape index (κ3) is 3.05. The van der Waals surface area contributed by atoms with Crippen LogP contribution in [0.1, 0.15) is 36.8 Å². The van der Waals surface area contributed by atoms with Gasteiger partial charge in [0.15, 0.2) is 5.72 Å². The second-order valence-electron chi connectivity index (χ2n) is 7.33. The highest BCUT2D eigenvalue weighted by molar-refractivity contribution is 6.30. The van der Waals surface area contributed by atoms with Gasteiger partial charge in [-0.3, -0.25) is 4.90 Å². The molecule has 2 aromatic rings. The molecule has 2 atom stereocenters. The Labute approximate surface area is 154 Å². The van der Waals surface area contributed by atoms with Gasteiger partial charge in [0, 0.05) is 22.8 Å². The molecule has 2 fully saturated rings. The molecule has 1 N–H and O–H groups in total. The first-order valence-electron chi connectivity index (χ1n) is 9.16. The maximum Gasteiger partial charge on any atom is 0.178 e. The molecule has 25 heavy (non-hydrogen) atoms. The zero-order chi connectivity index (χ0) is 17.4. The van der Waals surface area contributed by atoms with Crippen molar-refractivity contribution in [2.75, 3.05) is 18.0 Å². The zero-order valence-corrected chi connectivity index (χ0v) is 15.4. The van der Waals surface area contributed by atoms with Gasteiger partial charge in [0.1, 0.15) is 0 Å². The minimum atomic E-state index is -1.03. The standard InChI is InChI=1S/C21H25ClN2O/c1-16-6-12-19(13-7-16)24-20-5-3-2-4-14-23(20)15-21(24,25)17-8-10-18(22)11-9-17/h6-13,20,25H,2-5,14-15H2,1H3/t20-,21+/m1/s1. The number of rotatable bonds is 2. The van der Waals surface area contributed by atoms with E-state index >= 15 is 0 Å². The van der Waals surface area contributed by atoms with E-state index in [1.165, 1.54) is 24.8 Å². The molecule has 2 aliphatic heterocycles. The van der Waals surface area contributed by atoms with Gasteiger partial charge in [-0.15, -0.1) is 0 Å². The number of hydrogen-bond acceptors (Lipinski definition) is 3. The molecule has 0 spiro atoms. The smallest absolute Gasteiger partial charge is 0.178 e. The molecule has 0 aliphatic carbocycles. The van der Waals surface area contributed by atoms with E-state index in [1.807, 2.05) is 24.3 Å². The molecule has 3 nitrogen and oxygen atoms in total. The summed E-state index contributed by atoms with van der Waals surface area (Å²) in [6.07, 6.45) is 5.01. The lowest BCUT2D eigenvalue weighted by molar-refractivity contribution is 0.0476. The number of aryl methyl sites for hydroxylation is 1. The van der Waals surface area contributed by atoms with Crippen molar-refractivity contribution >= 4 is 17.3 Å². The maximum atomic E-state index is 11.8. The summed E-state index contributed by atoms with van der Waals surface area (Å²) in [6.45, 7) is 3.77. The molecule has 0 radical (unpaired) electrons. The van der Waals surface area contributed by atoms with Crippen molar-refractivity contribution < 1.29 is 5.11 Å². The normalized spacial score (nSPS) is 27.2. The van der Waals surface area contributed by atoms with E-state index in [0.717, 1.165) is 24.2 Å². The van der Waals surface area contributed by atoms with Gasteiger partial charge in [-0.2, -0.15) is 0 Å². The van der Waals surface area contributed by atoms with E-state index in [0.29, 0.717) is 11.6 Å². The van der Waals surface area contributed by atoms with E-state index < -0.39 is 5.72 Å². The van der Waals surface area contributed by atoms with Gasteiger partial charge in [0.25, 0.3) is 0 Å². The first-order valence-corrected chi connectivity index (χ1v) is 9.54. The number of hydrogen-bond donors (Lipinski definition) is 1. The van der Waals surface area contributed by atoms with Crippen LogP contribution in [-0.4, -0.2) is 29.3 Å². The first-order chi connectivity index (χ1) is 12.1. The van der Waals surface area contributed by atoms with E-state index in [1.54, 1.807) is 0 Å². The molecule has 0 aromatic heterocycles. The lowest BCUT2D eigenvalue weighted by Gasteiger charge is -2.38. The highest BCUT2D eigenvalue weighted by Gasteiger charge is 2.50. The van der Waals surface area contributed by atoms with Crippen LogP contribution < -0.4 is 4.90 Å². The molecule has 0 saturated carbocycles. The van der Waals surface area contributed by atoms with Crippen molar-refractivity contribution in [2.45, 2.75) is 44.5 Å². The van der Waals surface area contributed by atoms with Crippen LogP contribution in [0.2, 0.25) is 5.02 Å². The van der Waals surface area contributed by atoms with E-state index in [4.69, 9.17) is 11.6 Å². The summed E-state index contributed by atoms with van der Waals surface area (Å²) in [5.74, 6) is 0. The highest BCUT2D eigenvalue weighted by atomic mass is 35.5. The third-order valence-corrected chi connectivity index (χ3v) is 5.82.